The summed E-state index contributed by atoms with van der Waals surface area (Å²) < 4.78 is 5.07. The van der Waals surface area contributed by atoms with E-state index in [0.717, 1.165) is 0 Å². The molecule has 7 nitrogen and oxygen atoms in total. The fourth-order valence-electron chi connectivity index (χ4n) is 1.88. The molecule has 20 heavy (non-hydrogen) atoms. The predicted octanol–water partition coefficient (Wildman–Crippen LogP) is 0.00290. The highest BCUT2D eigenvalue weighted by atomic mass is 16.5. The molecule has 1 aromatic carbocycles. The number of hydrogen-bond donors (Lipinski definition) is 2. The van der Waals surface area contributed by atoms with Crippen LogP contribution in [0.25, 0.3) is 0 Å². The quantitative estimate of drug-likeness (QED) is 0.581. The van der Waals surface area contributed by atoms with Gasteiger partial charge in [-0.3, -0.25) is 9.59 Å². The number of fused-ring (bicyclic) bond motifs is 1. The second-order valence-electron chi connectivity index (χ2n) is 4.29. The molecule has 0 radical (unpaired) electrons. The summed E-state index contributed by atoms with van der Waals surface area (Å²) >= 11 is 0. The molecule has 7 heteroatoms. The minimum absolute atomic E-state index is 0.0106. The van der Waals surface area contributed by atoms with Crippen LogP contribution in [0.4, 0.5) is 5.69 Å². The number of carbonyl (C=O) groups is 3. The maximum absolute atomic E-state index is 11.7. The molecule has 0 bridgehead atoms. The zero-order valence-corrected chi connectivity index (χ0v) is 10.7. The van der Waals surface area contributed by atoms with Crippen molar-refractivity contribution in [1.29, 1.82) is 0 Å². The third kappa shape index (κ3) is 3.47. The maximum Gasteiger partial charge on any atom is 0.331 e. The number of hydrogen-bond acceptors (Lipinski definition) is 5. The summed E-state index contributed by atoms with van der Waals surface area (Å²) in [5.41, 5.74) is 0.667. The summed E-state index contributed by atoms with van der Waals surface area (Å²) in [5, 5.41) is 11.0. The first-order valence-electron chi connectivity index (χ1n) is 6.09. The van der Waals surface area contributed by atoms with Gasteiger partial charge < -0.3 is 20.1 Å². The molecule has 1 aliphatic rings. The number of carboxylic acid groups (broad SMARTS) is 1. The first kappa shape index (κ1) is 13.9. The lowest BCUT2D eigenvalue weighted by atomic mass is 10.2. The SMILES string of the molecule is O=C(O)CCNC(=O)CN1CC(=O)Oc2ccccc21. The van der Waals surface area contributed by atoms with Gasteiger partial charge in [-0.25, -0.2) is 4.79 Å². The summed E-state index contributed by atoms with van der Waals surface area (Å²) in [7, 11) is 0. The zero-order valence-electron chi connectivity index (χ0n) is 10.7. The Balaban J connectivity index is 1.97. The summed E-state index contributed by atoms with van der Waals surface area (Å²) in [6.45, 7) is 0.0309. The largest absolute Gasteiger partial charge is 0.481 e. The lowest BCUT2D eigenvalue weighted by Crippen LogP contribution is -2.43. The molecular formula is C13H14N2O5. The third-order valence-corrected chi connectivity index (χ3v) is 2.75. The van der Waals surface area contributed by atoms with E-state index in [0.29, 0.717) is 11.4 Å². The molecule has 1 amide bonds. The van der Waals surface area contributed by atoms with Crippen LogP contribution in [0.1, 0.15) is 6.42 Å². The van der Waals surface area contributed by atoms with Gasteiger partial charge in [-0.15, -0.1) is 0 Å². The normalized spacial score (nSPS) is 13.4. The van der Waals surface area contributed by atoms with Gasteiger partial charge in [0, 0.05) is 6.54 Å². The van der Waals surface area contributed by atoms with Crippen LogP contribution in [0.3, 0.4) is 0 Å². The highest BCUT2D eigenvalue weighted by molar-refractivity contribution is 5.89. The number of anilines is 1. The van der Waals surface area contributed by atoms with Gasteiger partial charge >= 0.3 is 11.9 Å². The molecule has 0 fully saturated rings. The molecule has 0 atom stereocenters. The van der Waals surface area contributed by atoms with Crippen molar-refractivity contribution < 1.29 is 24.2 Å². The third-order valence-electron chi connectivity index (χ3n) is 2.75. The monoisotopic (exact) mass is 278 g/mol. The number of carbonyl (C=O) groups excluding carboxylic acids is 2. The zero-order chi connectivity index (χ0) is 14.5. The highest BCUT2D eigenvalue weighted by Gasteiger charge is 2.25. The Labute approximate surface area is 115 Å². The molecule has 0 aromatic heterocycles. The number of para-hydroxylation sites is 2. The number of amides is 1. The van der Waals surface area contributed by atoms with Crippen molar-refractivity contribution in [1.82, 2.24) is 5.32 Å². The van der Waals surface area contributed by atoms with Gasteiger partial charge in [0.1, 0.15) is 6.54 Å². The number of esters is 1. The number of aliphatic carboxylic acids is 1. The van der Waals surface area contributed by atoms with E-state index in [1.54, 1.807) is 29.2 Å². The van der Waals surface area contributed by atoms with Gasteiger partial charge in [-0.1, -0.05) is 12.1 Å². The molecule has 0 saturated carbocycles. The van der Waals surface area contributed by atoms with Crippen LogP contribution in [0.15, 0.2) is 24.3 Å². The van der Waals surface area contributed by atoms with E-state index in [9.17, 15) is 14.4 Å². The number of benzene rings is 1. The molecule has 0 aliphatic carbocycles. The maximum atomic E-state index is 11.7. The predicted molar refractivity (Wildman–Crippen MR) is 69.6 cm³/mol. The molecule has 0 spiro atoms. The van der Waals surface area contributed by atoms with Crippen LogP contribution < -0.4 is 15.0 Å². The Kier molecular flexibility index (Phi) is 4.19. The standard InChI is InChI=1S/C13H14N2O5/c16-11(14-6-5-12(17)18)7-15-8-13(19)20-10-4-2-1-3-9(10)15/h1-4H,5-8H2,(H,14,16)(H,17,18). The van der Waals surface area contributed by atoms with E-state index in [2.05, 4.69) is 5.32 Å². The second kappa shape index (κ2) is 6.05. The Hall–Kier alpha value is -2.57. The van der Waals surface area contributed by atoms with Crippen LogP contribution in [0.5, 0.6) is 5.75 Å². The lowest BCUT2D eigenvalue weighted by Gasteiger charge is -2.29. The van der Waals surface area contributed by atoms with E-state index >= 15 is 0 Å². The van der Waals surface area contributed by atoms with Crippen molar-refractivity contribution >= 4 is 23.5 Å². The number of carboxylic acids is 1. The van der Waals surface area contributed by atoms with E-state index in [4.69, 9.17) is 9.84 Å². The van der Waals surface area contributed by atoms with Crippen LogP contribution >= 0.6 is 0 Å². The van der Waals surface area contributed by atoms with Crippen molar-refractivity contribution in [3.05, 3.63) is 24.3 Å². The smallest absolute Gasteiger partial charge is 0.331 e. The molecule has 0 saturated heterocycles. The Morgan fingerprint density at radius 2 is 2.10 bits per heavy atom. The number of nitrogens with one attached hydrogen (secondary N) is 1. The number of ether oxygens (including phenoxy) is 1. The fraction of sp³-hybridized carbons (Fsp3) is 0.308. The molecule has 1 aliphatic heterocycles. The Morgan fingerprint density at radius 1 is 1.35 bits per heavy atom. The first-order chi connectivity index (χ1) is 9.56. The molecule has 1 aromatic rings. The molecular weight excluding hydrogens is 264 g/mol. The first-order valence-corrected chi connectivity index (χ1v) is 6.09. The molecule has 1 heterocycles. The van der Waals surface area contributed by atoms with Crippen LogP contribution in [-0.4, -0.2) is 42.6 Å². The van der Waals surface area contributed by atoms with Gasteiger partial charge in [-0.05, 0) is 12.1 Å². The van der Waals surface area contributed by atoms with E-state index in [1.165, 1.54) is 0 Å². The van der Waals surface area contributed by atoms with Crippen molar-refractivity contribution in [3.8, 4) is 5.75 Å². The summed E-state index contributed by atoms with van der Waals surface area (Å²) in [6, 6.07) is 6.93. The fourth-order valence-corrected chi connectivity index (χ4v) is 1.88. The number of nitrogens with zero attached hydrogens (tertiary/aromatic N) is 1. The van der Waals surface area contributed by atoms with E-state index in [1.807, 2.05) is 0 Å². The summed E-state index contributed by atoms with van der Waals surface area (Å²) in [5.74, 6) is -1.32. The molecule has 106 valence electrons. The molecule has 2 N–H and O–H groups in total. The average molecular weight is 278 g/mol. The minimum atomic E-state index is -0.975. The van der Waals surface area contributed by atoms with Crippen LogP contribution in [0.2, 0.25) is 0 Å². The van der Waals surface area contributed by atoms with E-state index < -0.39 is 11.9 Å². The van der Waals surface area contributed by atoms with Gasteiger partial charge in [-0.2, -0.15) is 0 Å². The van der Waals surface area contributed by atoms with Crippen LogP contribution in [-0.2, 0) is 14.4 Å². The lowest BCUT2D eigenvalue weighted by molar-refractivity contribution is -0.137. The van der Waals surface area contributed by atoms with Gasteiger partial charge in [0.15, 0.2) is 5.75 Å². The Bertz CT molecular complexity index is 543. The van der Waals surface area contributed by atoms with Crippen molar-refractivity contribution in [2.45, 2.75) is 6.42 Å². The topological polar surface area (TPSA) is 95.9 Å². The van der Waals surface area contributed by atoms with Crippen molar-refractivity contribution in [3.63, 3.8) is 0 Å². The summed E-state index contributed by atoms with van der Waals surface area (Å²) in [4.78, 5) is 35.1. The molecule has 2 rings (SSSR count). The Morgan fingerprint density at radius 3 is 2.85 bits per heavy atom. The van der Waals surface area contributed by atoms with Crippen molar-refractivity contribution in [2.75, 3.05) is 24.5 Å². The highest BCUT2D eigenvalue weighted by Crippen LogP contribution is 2.30. The van der Waals surface area contributed by atoms with Gasteiger partial charge in [0.05, 0.1) is 18.7 Å². The average Bonchev–Trinajstić information content (AvgIpc) is 2.38. The van der Waals surface area contributed by atoms with Crippen LogP contribution in [0, 0.1) is 0 Å². The number of rotatable bonds is 5. The second-order valence-corrected chi connectivity index (χ2v) is 4.29. The van der Waals surface area contributed by atoms with Gasteiger partial charge in [0.2, 0.25) is 5.91 Å². The van der Waals surface area contributed by atoms with Crippen molar-refractivity contribution in [2.24, 2.45) is 0 Å². The molecule has 0 unspecified atom stereocenters. The summed E-state index contributed by atoms with van der Waals surface area (Å²) in [6.07, 6.45) is -0.135. The van der Waals surface area contributed by atoms with Gasteiger partial charge in [0.25, 0.3) is 0 Å². The minimum Gasteiger partial charge on any atom is -0.481 e. The van der Waals surface area contributed by atoms with E-state index in [-0.39, 0.29) is 32.0 Å².